The van der Waals surface area contributed by atoms with Gasteiger partial charge in [-0.1, -0.05) is 63.5 Å². The Morgan fingerprint density at radius 1 is 1.25 bits per heavy atom. The number of rotatable bonds is 2. The molecule has 16 heavy (non-hydrogen) atoms. The zero-order valence-electron chi connectivity index (χ0n) is 8.57. The van der Waals surface area contributed by atoms with Crippen molar-refractivity contribution in [3.05, 3.63) is 51.2 Å². The lowest BCUT2D eigenvalue weighted by Gasteiger charge is -2.05. The molecule has 0 atom stereocenters. The SMILES string of the molecule is CC(=O)C(Cl)=C1SSC=C1c1ccccc1. The fraction of sp³-hybridized carbons (Fsp3) is 0.0833. The average molecular weight is 269 g/mol. The Balaban J connectivity index is 2.43. The van der Waals surface area contributed by atoms with Gasteiger partial charge in [0.05, 0.1) is 5.03 Å². The van der Waals surface area contributed by atoms with E-state index in [4.69, 9.17) is 11.6 Å². The van der Waals surface area contributed by atoms with Crippen LogP contribution in [0, 0.1) is 0 Å². The minimum atomic E-state index is -0.0894. The van der Waals surface area contributed by atoms with Gasteiger partial charge < -0.3 is 0 Å². The van der Waals surface area contributed by atoms with E-state index >= 15 is 0 Å². The largest absolute Gasteiger partial charge is 0.293 e. The average Bonchev–Trinajstić information content (AvgIpc) is 2.77. The molecule has 1 aromatic carbocycles. The highest BCUT2D eigenvalue weighted by molar-refractivity contribution is 8.80. The lowest BCUT2D eigenvalue weighted by Crippen LogP contribution is -1.93. The normalized spacial score (nSPS) is 18.2. The summed E-state index contributed by atoms with van der Waals surface area (Å²) in [4.78, 5) is 12.1. The van der Waals surface area contributed by atoms with Crippen LogP contribution in [-0.4, -0.2) is 5.78 Å². The van der Waals surface area contributed by atoms with Crippen LogP contribution in [0.5, 0.6) is 0 Å². The second-order valence-electron chi connectivity index (χ2n) is 3.28. The maximum absolute atomic E-state index is 11.3. The first-order valence-electron chi connectivity index (χ1n) is 4.70. The summed E-state index contributed by atoms with van der Waals surface area (Å²) < 4.78 is 0. The Morgan fingerprint density at radius 2 is 1.94 bits per heavy atom. The molecule has 0 aliphatic carbocycles. The minimum Gasteiger partial charge on any atom is -0.293 e. The van der Waals surface area contributed by atoms with Crippen LogP contribution in [0.4, 0.5) is 0 Å². The van der Waals surface area contributed by atoms with Crippen molar-refractivity contribution in [3.8, 4) is 0 Å². The van der Waals surface area contributed by atoms with E-state index in [1.807, 2.05) is 35.7 Å². The van der Waals surface area contributed by atoms with Crippen LogP contribution in [0.1, 0.15) is 12.5 Å². The van der Waals surface area contributed by atoms with E-state index in [9.17, 15) is 4.79 Å². The second-order valence-corrected chi connectivity index (χ2v) is 5.73. The second kappa shape index (κ2) is 5.13. The summed E-state index contributed by atoms with van der Waals surface area (Å²) in [5.74, 6) is -0.0894. The Morgan fingerprint density at radius 3 is 2.56 bits per heavy atom. The van der Waals surface area contributed by atoms with E-state index in [0.29, 0.717) is 5.03 Å². The van der Waals surface area contributed by atoms with E-state index < -0.39 is 0 Å². The van der Waals surface area contributed by atoms with Crippen molar-refractivity contribution in [2.75, 3.05) is 0 Å². The molecule has 0 amide bonds. The van der Waals surface area contributed by atoms with Gasteiger partial charge in [-0.15, -0.1) is 0 Å². The number of hydrogen-bond acceptors (Lipinski definition) is 3. The van der Waals surface area contributed by atoms with Gasteiger partial charge in [0, 0.05) is 17.4 Å². The van der Waals surface area contributed by atoms with E-state index in [2.05, 4.69) is 0 Å². The summed E-state index contributed by atoms with van der Waals surface area (Å²) in [6.45, 7) is 1.49. The molecule has 2 rings (SSSR count). The fourth-order valence-electron chi connectivity index (χ4n) is 1.35. The van der Waals surface area contributed by atoms with Crippen molar-refractivity contribution in [3.63, 3.8) is 0 Å². The van der Waals surface area contributed by atoms with Crippen LogP contribution in [0.15, 0.2) is 45.7 Å². The van der Waals surface area contributed by atoms with Crippen LogP contribution in [0.25, 0.3) is 5.57 Å². The molecule has 4 heteroatoms. The summed E-state index contributed by atoms with van der Waals surface area (Å²) in [7, 11) is 3.12. The summed E-state index contributed by atoms with van der Waals surface area (Å²) in [5.41, 5.74) is 2.13. The van der Waals surface area contributed by atoms with E-state index in [-0.39, 0.29) is 5.78 Å². The molecule has 0 unspecified atom stereocenters. The third kappa shape index (κ3) is 2.37. The van der Waals surface area contributed by atoms with Crippen LogP contribution in [-0.2, 0) is 4.79 Å². The van der Waals surface area contributed by atoms with Crippen molar-refractivity contribution in [1.29, 1.82) is 0 Å². The highest BCUT2D eigenvalue weighted by Gasteiger charge is 2.20. The first-order valence-corrected chi connectivity index (χ1v) is 7.29. The van der Waals surface area contributed by atoms with Gasteiger partial charge in [-0.25, -0.2) is 0 Å². The highest BCUT2D eigenvalue weighted by atomic mass is 35.5. The number of carbonyl (C=O) groups is 1. The molecule has 0 saturated carbocycles. The fourth-order valence-corrected chi connectivity index (χ4v) is 4.00. The molecule has 0 spiro atoms. The van der Waals surface area contributed by atoms with Crippen LogP contribution >= 0.6 is 33.2 Å². The van der Waals surface area contributed by atoms with Crippen molar-refractivity contribution in [2.24, 2.45) is 0 Å². The zero-order valence-corrected chi connectivity index (χ0v) is 11.0. The molecule has 1 aliphatic heterocycles. The van der Waals surface area contributed by atoms with Gasteiger partial charge in [0.25, 0.3) is 0 Å². The standard InChI is InChI=1S/C12H9ClOS2/c1-8(14)11(13)12-10(7-15-16-12)9-5-3-2-4-6-9/h2-7H,1H3. The van der Waals surface area contributed by atoms with Gasteiger partial charge in [-0.05, 0) is 11.0 Å². The van der Waals surface area contributed by atoms with Crippen LogP contribution < -0.4 is 0 Å². The molecule has 1 heterocycles. The quantitative estimate of drug-likeness (QED) is 0.582. The van der Waals surface area contributed by atoms with Gasteiger partial charge in [0.1, 0.15) is 0 Å². The molecule has 1 aliphatic rings. The Labute approximate surface area is 107 Å². The number of allylic oxidation sites excluding steroid dienone is 2. The van der Waals surface area contributed by atoms with Crippen LogP contribution in [0.2, 0.25) is 0 Å². The van der Waals surface area contributed by atoms with Crippen LogP contribution in [0.3, 0.4) is 0 Å². The molecule has 0 fully saturated rings. The molecular formula is C12H9ClOS2. The smallest absolute Gasteiger partial charge is 0.172 e. The van der Waals surface area contributed by atoms with E-state index in [0.717, 1.165) is 16.0 Å². The van der Waals surface area contributed by atoms with Gasteiger partial charge in [-0.3, -0.25) is 4.79 Å². The molecule has 0 N–H and O–H groups in total. The molecule has 1 nitrogen and oxygen atoms in total. The van der Waals surface area contributed by atoms with E-state index in [1.165, 1.54) is 17.7 Å². The van der Waals surface area contributed by atoms with Crippen molar-refractivity contribution in [2.45, 2.75) is 6.92 Å². The van der Waals surface area contributed by atoms with E-state index in [1.54, 1.807) is 10.8 Å². The molecule has 0 radical (unpaired) electrons. The number of Topliss-reactive ketones (excluding diaryl/α,β-unsaturated/α-hetero) is 1. The number of hydrogen-bond donors (Lipinski definition) is 0. The lowest BCUT2D eigenvalue weighted by molar-refractivity contribution is -0.113. The molecule has 1 aromatic rings. The monoisotopic (exact) mass is 268 g/mol. The number of carbonyl (C=O) groups excluding carboxylic acids is 1. The van der Waals surface area contributed by atoms with Crippen molar-refractivity contribution in [1.82, 2.24) is 0 Å². The number of ketones is 1. The first-order chi connectivity index (χ1) is 7.70. The van der Waals surface area contributed by atoms with Gasteiger partial charge in [0.15, 0.2) is 5.78 Å². The maximum Gasteiger partial charge on any atom is 0.172 e. The lowest BCUT2D eigenvalue weighted by atomic mass is 10.1. The minimum absolute atomic E-state index is 0.0894. The number of halogens is 1. The van der Waals surface area contributed by atoms with Crippen molar-refractivity contribution >= 4 is 44.5 Å². The Bertz CT molecular complexity index is 477. The molecule has 0 aromatic heterocycles. The molecule has 0 saturated heterocycles. The maximum atomic E-state index is 11.3. The molecular weight excluding hydrogens is 260 g/mol. The Kier molecular flexibility index (Phi) is 3.79. The first kappa shape index (κ1) is 11.8. The molecule has 0 bridgehead atoms. The number of benzene rings is 1. The zero-order chi connectivity index (χ0) is 11.5. The summed E-state index contributed by atoms with van der Waals surface area (Å²) in [5, 5.41) is 2.35. The van der Waals surface area contributed by atoms with Crippen molar-refractivity contribution < 1.29 is 4.79 Å². The summed E-state index contributed by atoms with van der Waals surface area (Å²) in [6.07, 6.45) is 0. The summed E-state index contributed by atoms with van der Waals surface area (Å²) in [6, 6.07) is 9.95. The van der Waals surface area contributed by atoms with Gasteiger partial charge in [-0.2, -0.15) is 0 Å². The predicted octanol–water partition coefficient (Wildman–Crippen LogP) is 4.46. The highest BCUT2D eigenvalue weighted by Crippen LogP contribution is 2.50. The summed E-state index contributed by atoms with van der Waals surface area (Å²) >= 11 is 6.02. The third-order valence-electron chi connectivity index (χ3n) is 2.14. The third-order valence-corrected chi connectivity index (χ3v) is 4.80. The molecule has 82 valence electrons. The Hall–Kier alpha value is -0.640. The van der Waals surface area contributed by atoms with Gasteiger partial charge in [0.2, 0.25) is 0 Å². The van der Waals surface area contributed by atoms with Gasteiger partial charge >= 0.3 is 0 Å². The predicted molar refractivity (Wildman–Crippen MR) is 73.2 cm³/mol. The topological polar surface area (TPSA) is 17.1 Å².